The van der Waals surface area contributed by atoms with E-state index in [9.17, 15) is 0 Å². The molecule has 1 rings (SSSR count). The first-order chi connectivity index (χ1) is 7.63. The van der Waals surface area contributed by atoms with Crippen LogP contribution in [0.5, 0.6) is 17.2 Å². The molecule has 0 aliphatic heterocycles. The summed E-state index contributed by atoms with van der Waals surface area (Å²) in [5.41, 5.74) is 1.90. The van der Waals surface area contributed by atoms with Crippen molar-refractivity contribution < 1.29 is 14.2 Å². The number of methoxy groups -OCH3 is 3. The highest BCUT2D eigenvalue weighted by Gasteiger charge is 2.15. The topological polar surface area (TPSA) is 27.7 Å². The molecule has 90 valence electrons. The minimum atomic E-state index is 0.685. The molecule has 0 saturated carbocycles. The summed E-state index contributed by atoms with van der Waals surface area (Å²) in [6.07, 6.45) is 1.02. The third-order valence-corrected chi connectivity index (χ3v) is 2.82. The molecule has 16 heavy (non-hydrogen) atoms. The predicted molar refractivity (Wildman–Crippen MR) is 69.2 cm³/mol. The van der Waals surface area contributed by atoms with Crippen LogP contribution in [0.15, 0.2) is 12.1 Å². The van der Waals surface area contributed by atoms with E-state index in [1.165, 1.54) is 15.8 Å². The molecule has 3 nitrogen and oxygen atoms in total. The molecular weight excluding hydrogens is 220 g/mol. The van der Waals surface area contributed by atoms with Crippen LogP contribution in [-0.2, 0) is 6.42 Å². The van der Waals surface area contributed by atoms with Gasteiger partial charge in [0.15, 0.2) is 11.5 Å². The third kappa shape index (κ3) is 2.69. The van der Waals surface area contributed by atoms with Crippen LogP contribution in [0.1, 0.15) is 12.5 Å². The van der Waals surface area contributed by atoms with Crippen molar-refractivity contribution in [3.8, 4) is 17.2 Å². The van der Waals surface area contributed by atoms with Crippen molar-refractivity contribution in [3.63, 3.8) is 0 Å². The van der Waals surface area contributed by atoms with Gasteiger partial charge in [-0.15, -0.1) is 0 Å². The maximum Gasteiger partial charge on any atom is 0.203 e. The number of hydrogen-bond donors (Lipinski definition) is 0. The SMILES string of the molecule is COc1ccc(CC(C)[SiH3])c(OC)c1OC. The van der Waals surface area contributed by atoms with Gasteiger partial charge in [0, 0.05) is 10.2 Å². The first kappa shape index (κ1) is 12.9. The molecule has 4 heteroatoms. The zero-order valence-corrected chi connectivity index (χ0v) is 12.7. The fourth-order valence-corrected chi connectivity index (χ4v) is 2.20. The molecule has 0 heterocycles. The van der Waals surface area contributed by atoms with E-state index >= 15 is 0 Å². The fraction of sp³-hybridized carbons (Fsp3) is 0.500. The Hall–Kier alpha value is -1.16. The zero-order chi connectivity index (χ0) is 12.1. The molecule has 1 atom stereocenters. The van der Waals surface area contributed by atoms with Gasteiger partial charge in [-0.3, -0.25) is 0 Å². The Morgan fingerprint density at radius 3 is 2.12 bits per heavy atom. The Morgan fingerprint density at radius 1 is 1.06 bits per heavy atom. The van der Waals surface area contributed by atoms with Crippen LogP contribution < -0.4 is 14.2 Å². The Bertz CT molecular complexity index is 350. The number of rotatable bonds is 5. The molecule has 0 aliphatic carbocycles. The minimum absolute atomic E-state index is 0.685. The standard InChI is InChI=1S/C12H20O3Si/c1-8(16)7-9-5-6-10(13-2)12(15-4)11(9)14-3/h5-6,8H,7H2,1-4,16H3. The van der Waals surface area contributed by atoms with Crippen molar-refractivity contribution in [1.29, 1.82) is 0 Å². The largest absolute Gasteiger partial charge is 0.493 e. The number of hydrogen-bond acceptors (Lipinski definition) is 3. The van der Waals surface area contributed by atoms with Gasteiger partial charge in [0.1, 0.15) is 0 Å². The minimum Gasteiger partial charge on any atom is -0.493 e. The van der Waals surface area contributed by atoms with E-state index in [-0.39, 0.29) is 0 Å². The Labute approximate surface area is 100 Å². The van der Waals surface area contributed by atoms with Gasteiger partial charge >= 0.3 is 0 Å². The van der Waals surface area contributed by atoms with Gasteiger partial charge < -0.3 is 14.2 Å². The maximum atomic E-state index is 5.42. The van der Waals surface area contributed by atoms with Crippen LogP contribution in [0.3, 0.4) is 0 Å². The van der Waals surface area contributed by atoms with Crippen molar-refractivity contribution in [3.05, 3.63) is 17.7 Å². The van der Waals surface area contributed by atoms with Crippen LogP contribution >= 0.6 is 0 Å². The van der Waals surface area contributed by atoms with Crippen LogP contribution in [0.4, 0.5) is 0 Å². The molecule has 0 aromatic heterocycles. The first-order valence-corrected chi connectivity index (χ1v) is 6.57. The molecule has 0 aliphatic rings. The average Bonchev–Trinajstić information content (AvgIpc) is 2.27. The summed E-state index contributed by atoms with van der Waals surface area (Å²) in [5, 5.41) is 0. The van der Waals surface area contributed by atoms with E-state index in [0.717, 1.165) is 12.2 Å². The second-order valence-corrected chi connectivity index (χ2v) is 6.06. The number of ether oxygens (including phenoxy) is 3. The van der Waals surface area contributed by atoms with Gasteiger partial charge in [-0.25, -0.2) is 0 Å². The van der Waals surface area contributed by atoms with E-state index < -0.39 is 0 Å². The normalized spacial score (nSPS) is 12.2. The van der Waals surface area contributed by atoms with E-state index in [0.29, 0.717) is 17.0 Å². The summed E-state index contributed by atoms with van der Waals surface area (Å²) in [6, 6.07) is 3.98. The predicted octanol–water partition coefficient (Wildman–Crippen LogP) is 1.43. The van der Waals surface area contributed by atoms with Crippen molar-refractivity contribution in [1.82, 2.24) is 0 Å². The summed E-state index contributed by atoms with van der Waals surface area (Å²) in [7, 11) is 6.10. The number of benzene rings is 1. The van der Waals surface area contributed by atoms with Gasteiger partial charge in [0.05, 0.1) is 21.3 Å². The highest BCUT2D eigenvalue weighted by Crippen LogP contribution is 2.40. The molecule has 0 spiro atoms. The van der Waals surface area contributed by atoms with Gasteiger partial charge in [-0.2, -0.15) is 0 Å². The first-order valence-electron chi connectivity index (χ1n) is 5.41. The summed E-state index contributed by atoms with van der Waals surface area (Å²) < 4.78 is 16.0. The van der Waals surface area contributed by atoms with Gasteiger partial charge in [-0.1, -0.05) is 18.5 Å². The highest BCUT2D eigenvalue weighted by atomic mass is 28.1. The van der Waals surface area contributed by atoms with Gasteiger partial charge in [0.2, 0.25) is 5.75 Å². The lowest BCUT2D eigenvalue weighted by Gasteiger charge is -2.16. The van der Waals surface area contributed by atoms with Crippen LogP contribution in [0, 0.1) is 0 Å². The molecule has 0 bridgehead atoms. The molecule has 1 aromatic carbocycles. The molecular formula is C12H20O3Si. The average molecular weight is 240 g/mol. The van der Waals surface area contributed by atoms with Crippen LogP contribution in [0.2, 0.25) is 5.54 Å². The zero-order valence-electron chi connectivity index (χ0n) is 10.7. The van der Waals surface area contributed by atoms with Crippen molar-refractivity contribution in [2.45, 2.75) is 18.9 Å². The molecule has 1 aromatic rings. The summed E-state index contributed by atoms with van der Waals surface area (Å²) >= 11 is 0. The molecule has 0 radical (unpaired) electrons. The lowest BCUT2D eigenvalue weighted by Crippen LogP contribution is -2.01. The van der Waals surface area contributed by atoms with E-state index in [4.69, 9.17) is 14.2 Å². The smallest absolute Gasteiger partial charge is 0.203 e. The maximum absolute atomic E-state index is 5.42. The van der Waals surface area contributed by atoms with E-state index in [2.05, 4.69) is 13.0 Å². The van der Waals surface area contributed by atoms with E-state index in [1.54, 1.807) is 21.3 Å². The molecule has 0 saturated heterocycles. The molecule has 0 amide bonds. The summed E-state index contributed by atoms with van der Waals surface area (Å²) in [6.45, 7) is 2.24. The summed E-state index contributed by atoms with van der Waals surface area (Å²) in [5.74, 6) is 2.19. The summed E-state index contributed by atoms with van der Waals surface area (Å²) in [4.78, 5) is 0. The monoisotopic (exact) mass is 240 g/mol. The Kier molecular flexibility index (Phi) is 4.67. The quantitative estimate of drug-likeness (QED) is 0.729. The van der Waals surface area contributed by atoms with Crippen LogP contribution in [-0.4, -0.2) is 31.6 Å². The molecule has 1 unspecified atom stereocenters. The van der Waals surface area contributed by atoms with Crippen LogP contribution in [0.25, 0.3) is 0 Å². The van der Waals surface area contributed by atoms with Gasteiger partial charge in [0.25, 0.3) is 0 Å². The van der Waals surface area contributed by atoms with Crippen molar-refractivity contribution in [2.24, 2.45) is 0 Å². The Balaban J connectivity index is 3.20. The molecule has 0 fully saturated rings. The molecule has 0 N–H and O–H groups in total. The van der Waals surface area contributed by atoms with Crippen molar-refractivity contribution in [2.75, 3.05) is 21.3 Å². The lowest BCUT2D eigenvalue weighted by molar-refractivity contribution is 0.322. The highest BCUT2D eigenvalue weighted by molar-refractivity contribution is 6.11. The third-order valence-electron chi connectivity index (χ3n) is 2.41. The lowest BCUT2D eigenvalue weighted by atomic mass is 10.1. The van der Waals surface area contributed by atoms with Gasteiger partial charge in [-0.05, 0) is 18.1 Å². The second kappa shape index (κ2) is 5.79. The van der Waals surface area contributed by atoms with Crippen molar-refractivity contribution >= 4 is 10.2 Å². The Morgan fingerprint density at radius 2 is 1.69 bits per heavy atom. The second-order valence-electron chi connectivity index (χ2n) is 4.09. The fourth-order valence-electron chi connectivity index (χ4n) is 1.76. The van der Waals surface area contributed by atoms with E-state index in [1.807, 2.05) is 6.07 Å².